The van der Waals surface area contributed by atoms with Crippen LogP contribution in [0.3, 0.4) is 0 Å². The molecule has 4 rings (SSSR count). The Labute approximate surface area is 196 Å². The number of hydrogen-bond donors (Lipinski definition) is 1. The van der Waals surface area contributed by atoms with Gasteiger partial charge in [0.05, 0.1) is 23.3 Å². The minimum absolute atomic E-state index is 0.0673. The maximum atomic E-state index is 12.8. The van der Waals surface area contributed by atoms with Crippen LogP contribution in [0.2, 0.25) is 0 Å². The van der Waals surface area contributed by atoms with Gasteiger partial charge in [-0.05, 0) is 44.5 Å². The fourth-order valence-electron chi connectivity index (χ4n) is 3.74. The van der Waals surface area contributed by atoms with Crippen LogP contribution in [0.1, 0.15) is 31.2 Å². The first kappa shape index (κ1) is 22.9. The van der Waals surface area contributed by atoms with Crippen LogP contribution < -0.4 is 5.32 Å². The Balaban J connectivity index is 1.49. The Kier molecular flexibility index (Phi) is 7.36. The first-order valence-electron chi connectivity index (χ1n) is 10.9. The number of benzene rings is 2. The summed E-state index contributed by atoms with van der Waals surface area (Å²) in [5.74, 6) is 0.630. The molecule has 1 aliphatic rings. The summed E-state index contributed by atoms with van der Waals surface area (Å²) < 4.78 is 2.08. The quantitative estimate of drug-likeness (QED) is 0.289. The van der Waals surface area contributed by atoms with E-state index in [1.54, 1.807) is 19.1 Å². The molecule has 1 saturated heterocycles. The van der Waals surface area contributed by atoms with Crippen molar-refractivity contribution in [3.63, 3.8) is 0 Å². The molecule has 1 aliphatic heterocycles. The van der Waals surface area contributed by atoms with Crippen LogP contribution in [0, 0.1) is 10.1 Å². The van der Waals surface area contributed by atoms with Crippen molar-refractivity contribution in [2.45, 2.75) is 43.3 Å². The monoisotopic (exact) mass is 466 g/mol. The third kappa shape index (κ3) is 5.96. The van der Waals surface area contributed by atoms with Crippen LogP contribution in [0.15, 0.2) is 59.8 Å². The predicted octanol–water partition coefficient (Wildman–Crippen LogP) is 3.95. The predicted molar refractivity (Wildman–Crippen MR) is 127 cm³/mol. The van der Waals surface area contributed by atoms with Crippen LogP contribution in [0.5, 0.6) is 0 Å². The number of rotatable bonds is 9. The number of nitro groups is 1. The SMILES string of the molecule is CC(Sc1nnc(CN2CCCC2)n1Cc1ccccc1)C(=O)Nc1cccc([N+](=O)[O-])c1. The molecule has 2 heterocycles. The second-order valence-electron chi connectivity index (χ2n) is 8.01. The van der Waals surface area contributed by atoms with Crippen LogP contribution in [-0.4, -0.2) is 48.8 Å². The molecular formula is C23H26N6O3S. The smallest absolute Gasteiger partial charge is 0.271 e. The molecule has 1 aromatic heterocycles. The topological polar surface area (TPSA) is 106 Å². The normalized spacial score (nSPS) is 14.8. The molecule has 33 heavy (non-hydrogen) atoms. The molecular weight excluding hydrogens is 440 g/mol. The molecule has 0 radical (unpaired) electrons. The second kappa shape index (κ2) is 10.6. The van der Waals surface area contributed by atoms with Gasteiger partial charge in [-0.15, -0.1) is 10.2 Å². The van der Waals surface area contributed by atoms with Crippen molar-refractivity contribution in [2.75, 3.05) is 18.4 Å². The molecule has 10 heteroatoms. The van der Waals surface area contributed by atoms with E-state index >= 15 is 0 Å². The summed E-state index contributed by atoms with van der Waals surface area (Å²) in [6, 6.07) is 16.0. The lowest BCUT2D eigenvalue weighted by molar-refractivity contribution is -0.384. The number of hydrogen-bond acceptors (Lipinski definition) is 7. The van der Waals surface area contributed by atoms with E-state index in [-0.39, 0.29) is 11.6 Å². The lowest BCUT2D eigenvalue weighted by Gasteiger charge is -2.17. The van der Waals surface area contributed by atoms with E-state index < -0.39 is 10.2 Å². The zero-order valence-corrected chi connectivity index (χ0v) is 19.2. The average Bonchev–Trinajstić information content (AvgIpc) is 3.46. The summed E-state index contributed by atoms with van der Waals surface area (Å²) in [7, 11) is 0. The number of nitrogens with zero attached hydrogens (tertiary/aromatic N) is 5. The Bertz CT molecular complexity index is 1110. The number of likely N-dealkylation sites (tertiary alicyclic amines) is 1. The third-order valence-corrected chi connectivity index (χ3v) is 6.60. The molecule has 9 nitrogen and oxygen atoms in total. The number of aromatic nitrogens is 3. The fourth-order valence-corrected chi connectivity index (χ4v) is 4.61. The Morgan fingerprint density at radius 1 is 1.12 bits per heavy atom. The fraction of sp³-hybridized carbons (Fsp3) is 0.348. The van der Waals surface area contributed by atoms with Crippen molar-refractivity contribution >= 4 is 29.0 Å². The van der Waals surface area contributed by atoms with E-state index in [0.717, 1.165) is 31.0 Å². The maximum Gasteiger partial charge on any atom is 0.271 e. The molecule has 0 spiro atoms. The van der Waals surface area contributed by atoms with Crippen LogP contribution in [0.25, 0.3) is 0 Å². The molecule has 0 aliphatic carbocycles. The highest BCUT2D eigenvalue weighted by molar-refractivity contribution is 8.00. The van der Waals surface area contributed by atoms with Crippen LogP contribution in [0.4, 0.5) is 11.4 Å². The lowest BCUT2D eigenvalue weighted by Crippen LogP contribution is -2.24. The largest absolute Gasteiger partial charge is 0.325 e. The summed E-state index contributed by atoms with van der Waals surface area (Å²) in [5, 5.41) is 22.8. The number of amides is 1. The zero-order valence-electron chi connectivity index (χ0n) is 18.4. The first-order valence-corrected chi connectivity index (χ1v) is 11.8. The number of carbonyl (C=O) groups is 1. The summed E-state index contributed by atoms with van der Waals surface area (Å²) in [6.45, 7) is 5.26. The first-order chi connectivity index (χ1) is 16.0. The zero-order chi connectivity index (χ0) is 23.2. The Morgan fingerprint density at radius 3 is 2.61 bits per heavy atom. The lowest BCUT2D eigenvalue weighted by atomic mass is 10.2. The highest BCUT2D eigenvalue weighted by Crippen LogP contribution is 2.26. The van der Waals surface area contributed by atoms with Gasteiger partial charge in [-0.3, -0.25) is 19.8 Å². The van der Waals surface area contributed by atoms with Gasteiger partial charge in [0.2, 0.25) is 5.91 Å². The Hall–Kier alpha value is -3.24. The highest BCUT2D eigenvalue weighted by Gasteiger charge is 2.23. The van der Waals surface area contributed by atoms with Gasteiger partial charge < -0.3 is 9.88 Å². The van der Waals surface area contributed by atoms with Crippen molar-refractivity contribution in [3.05, 3.63) is 76.1 Å². The van der Waals surface area contributed by atoms with Crippen molar-refractivity contribution < 1.29 is 9.72 Å². The van der Waals surface area contributed by atoms with E-state index in [1.807, 2.05) is 18.2 Å². The minimum Gasteiger partial charge on any atom is -0.325 e. The highest BCUT2D eigenvalue weighted by atomic mass is 32.2. The summed E-state index contributed by atoms with van der Waals surface area (Å²) in [6.07, 6.45) is 2.40. The number of anilines is 1. The number of nitro benzene ring substituents is 1. The molecule has 1 unspecified atom stereocenters. The van der Waals surface area contributed by atoms with Gasteiger partial charge in [-0.1, -0.05) is 48.2 Å². The van der Waals surface area contributed by atoms with E-state index in [9.17, 15) is 14.9 Å². The van der Waals surface area contributed by atoms with E-state index in [1.165, 1.54) is 36.7 Å². The van der Waals surface area contributed by atoms with Gasteiger partial charge in [0, 0.05) is 17.8 Å². The molecule has 1 amide bonds. The van der Waals surface area contributed by atoms with Gasteiger partial charge in [-0.2, -0.15) is 0 Å². The molecule has 0 bridgehead atoms. The number of non-ortho nitro benzene ring substituents is 1. The van der Waals surface area contributed by atoms with Gasteiger partial charge in [0.25, 0.3) is 5.69 Å². The summed E-state index contributed by atoms with van der Waals surface area (Å²) in [4.78, 5) is 25.7. The third-order valence-electron chi connectivity index (χ3n) is 5.52. The molecule has 0 saturated carbocycles. The number of nitrogens with one attached hydrogen (secondary N) is 1. The molecule has 1 fully saturated rings. The maximum absolute atomic E-state index is 12.8. The number of thioether (sulfide) groups is 1. The van der Waals surface area contributed by atoms with Crippen molar-refractivity contribution in [3.8, 4) is 0 Å². The summed E-state index contributed by atoms with van der Waals surface area (Å²) in [5.41, 5.74) is 1.46. The van der Waals surface area contributed by atoms with Gasteiger partial charge >= 0.3 is 0 Å². The minimum atomic E-state index is -0.484. The average molecular weight is 467 g/mol. The molecule has 172 valence electrons. The standard InChI is InChI=1S/C23H26N6O3S/c1-17(22(30)24-19-10-7-11-20(14-19)29(31)32)33-23-26-25-21(16-27-12-5-6-13-27)28(23)15-18-8-3-2-4-9-18/h2-4,7-11,14,17H,5-6,12-13,15-16H2,1H3,(H,24,30). The Morgan fingerprint density at radius 2 is 1.88 bits per heavy atom. The van der Waals surface area contributed by atoms with Crippen molar-refractivity contribution in [1.82, 2.24) is 19.7 Å². The summed E-state index contributed by atoms with van der Waals surface area (Å²) >= 11 is 1.33. The molecule has 3 aromatic rings. The second-order valence-corrected chi connectivity index (χ2v) is 9.32. The van der Waals surface area contributed by atoms with Gasteiger partial charge in [0.15, 0.2) is 5.16 Å². The molecule has 1 atom stereocenters. The van der Waals surface area contributed by atoms with E-state index in [0.29, 0.717) is 17.4 Å². The van der Waals surface area contributed by atoms with Crippen LogP contribution in [-0.2, 0) is 17.9 Å². The molecule has 2 aromatic carbocycles. The molecule has 1 N–H and O–H groups in total. The van der Waals surface area contributed by atoms with Crippen molar-refractivity contribution in [1.29, 1.82) is 0 Å². The number of carbonyl (C=O) groups excluding carboxylic acids is 1. The van der Waals surface area contributed by atoms with E-state index in [4.69, 9.17) is 0 Å². The van der Waals surface area contributed by atoms with Gasteiger partial charge in [-0.25, -0.2) is 0 Å². The van der Waals surface area contributed by atoms with Gasteiger partial charge in [0.1, 0.15) is 5.82 Å². The van der Waals surface area contributed by atoms with Crippen molar-refractivity contribution in [2.24, 2.45) is 0 Å². The van der Waals surface area contributed by atoms with Crippen LogP contribution >= 0.6 is 11.8 Å². The van der Waals surface area contributed by atoms with E-state index in [2.05, 4.69) is 37.1 Å².